The van der Waals surface area contributed by atoms with Crippen LogP contribution in [0.2, 0.25) is 0 Å². The first-order valence-electron chi connectivity index (χ1n) is 9.67. The van der Waals surface area contributed by atoms with Crippen LogP contribution in [0.5, 0.6) is 0 Å². The highest BCUT2D eigenvalue weighted by Gasteiger charge is 2.26. The third kappa shape index (κ3) is 3.73. The van der Waals surface area contributed by atoms with Gasteiger partial charge < -0.3 is 4.90 Å². The van der Waals surface area contributed by atoms with Gasteiger partial charge in [-0.05, 0) is 49.3 Å². The SMILES string of the molecule is CC[C@H]1CCCCN1C(=O)CSc1nc2sccc2c(=O)n1-c1ccccc1. The van der Waals surface area contributed by atoms with Gasteiger partial charge in [0.15, 0.2) is 5.16 Å². The van der Waals surface area contributed by atoms with Crippen molar-refractivity contribution in [3.05, 3.63) is 52.1 Å². The first-order valence-corrected chi connectivity index (χ1v) is 11.5. The average molecular weight is 414 g/mol. The molecular weight excluding hydrogens is 390 g/mol. The Bertz CT molecular complexity index is 1030. The Kier molecular flexibility index (Phi) is 5.82. The number of likely N-dealkylation sites (tertiary alicyclic amines) is 1. The minimum absolute atomic E-state index is 0.0863. The van der Waals surface area contributed by atoms with Crippen LogP contribution in [0.4, 0.5) is 0 Å². The van der Waals surface area contributed by atoms with Gasteiger partial charge in [-0.15, -0.1) is 11.3 Å². The number of carbonyl (C=O) groups excluding carboxylic acids is 1. The Balaban J connectivity index is 1.65. The van der Waals surface area contributed by atoms with Gasteiger partial charge in [-0.25, -0.2) is 4.98 Å². The second-order valence-electron chi connectivity index (χ2n) is 6.94. The Hall–Kier alpha value is -2.12. The summed E-state index contributed by atoms with van der Waals surface area (Å²) in [6, 6.07) is 11.7. The number of para-hydroxylation sites is 1. The number of thiophene rings is 1. The van der Waals surface area contributed by atoms with Crippen LogP contribution in [0.1, 0.15) is 32.6 Å². The summed E-state index contributed by atoms with van der Waals surface area (Å²) in [5.74, 6) is 0.434. The molecular formula is C21H23N3O2S2. The smallest absolute Gasteiger partial charge is 0.267 e. The number of carbonyl (C=O) groups is 1. The Labute approximate surface area is 172 Å². The maximum absolute atomic E-state index is 13.1. The van der Waals surface area contributed by atoms with Gasteiger partial charge in [-0.2, -0.15) is 0 Å². The lowest BCUT2D eigenvalue weighted by atomic mass is 10.0. The predicted molar refractivity (Wildman–Crippen MR) is 116 cm³/mol. The van der Waals surface area contributed by atoms with Gasteiger partial charge in [0.25, 0.3) is 5.56 Å². The first kappa shape index (κ1) is 19.2. The number of hydrogen-bond acceptors (Lipinski definition) is 5. The summed E-state index contributed by atoms with van der Waals surface area (Å²) in [7, 11) is 0. The van der Waals surface area contributed by atoms with Crippen molar-refractivity contribution in [1.82, 2.24) is 14.5 Å². The molecule has 1 aromatic carbocycles. The molecule has 1 fully saturated rings. The minimum Gasteiger partial charge on any atom is -0.339 e. The molecule has 4 rings (SSSR count). The molecule has 1 saturated heterocycles. The van der Waals surface area contributed by atoms with Crippen molar-refractivity contribution in [2.45, 2.75) is 43.8 Å². The van der Waals surface area contributed by atoms with E-state index in [0.717, 1.165) is 36.3 Å². The van der Waals surface area contributed by atoms with Gasteiger partial charge in [-0.1, -0.05) is 36.9 Å². The van der Waals surface area contributed by atoms with Crippen LogP contribution >= 0.6 is 23.1 Å². The fraction of sp³-hybridized carbons (Fsp3) is 0.381. The Morgan fingerprint density at radius 2 is 2.07 bits per heavy atom. The maximum atomic E-state index is 13.1. The predicted octanol–water partition coefficient (Wildman–Crippen LogP) is 4.33. The molecule has 1 amide bonds. The van der Waals surface area contributed by atoms with Gasteiger partial charge in [0.05, 0.1) is 16.8 Å². The fourth-order valence-corrected chi connectivity index (χ4v) is 5.46. The van der Waals surface area contributed by atoms with E-state index in [2.05, 4.69) is 6.92 Å². The van der Waals surface area contributed by atoms with E-state index < -0.39 is 0 Å². The number of rotatable bonds is 5. The number of thioether (sulfide) groups is 1. The molecule has 0 bridgehead atoms. The van der Waals surface area contributed by atoms with Crippen LogP contribution in [0, 0.1) is 0 Å². The number of hydrogen-bond donors (Lipinski definition) is 0. The summed E-state index contributed by atoms with van der Waals surface area (Å²) in [6.45, 7) is 2.98. The summed E-state index contributed by atoms with van der Waals surface area (Å²) in [6.07, 6.45) is 4.34. The van der Waals surface area contributed by atoms with E-state index in [0.29, 0.717) is 22.3 Å². The topological polar surface area (TPSA) is 55.2 Å². The van der Waals surface area contributed by atoms with Gasteiger partial charge in [0, 0.05) is 12.6 Å². The molecule has 1 aliphatic rings. The van der Waals surface area contributed by atoms with Gasteiger partial charge in [0.2, 0.25) is 5.91 Å². The quantitative estimate of drug-likeness (QED) is 0.461. The normalized spacial score (nSPS) is 17.2. The van der Waals surface area contributed by atoms with E-state index in [4.69, 9.17) is 4.98 Å². The molecule has 5 nitrogen and oxygen atoms in total. The fourth-order valence-electron chi connectivity index (χ4n) is 3.76. The number of nitrogens with zero attached hydrogens (tertiary/aromatic N) is 3. The summed E-state index contributed by atoms with van der Waals surface area (Å²) >= 11 is 2.81. The molecule has 28 heavy (non-hydrogen) atoms. The largest absolute Gasteiger partial charge is 0.339 e. The Morgan fingerprint density at radius 1 is 1.25 bits per heavy atom. The number of benzene rings is 1. The molecule has 0 saturated carbocycles. The van der Waals surface area contributed by atoms with Crippen LogP contribution in [0.3, 0.4) is 0 Å². The second-order valence-corrected chi connectivity index (χ2v) is 8.78. The number of amides is 1. The zero-order chi connectivity index (χ0) is 19.5. The number of piperidine rings is 1. The van der Waals surface area contributed by atoms with Crippen molar-refractivity contribution in [3.8, 4) is 5.69 Å². The van der Waals surface area contributed by atoms with Crippen LogP contribution in [0.25, 0.3) is 15.9 Å². The molecule has 0 spiro atoms. The van der Waals surface area contributed by atoms with E-state index in [1.54, 1.807) is 4.57 Å². The summed E-state index contributed by atoms with van der Waals surface area (Å²) in [5, 5.41) is 3.07. The molecule has 1 atom stereocenters. The molecule has 3 heterocycles. The first-order chi connectivity index (χ1) is 13.7. The van der Waals surface area contributed by atoms with E-state index in [1.807, 2.05) is 46.7 Å². The van der Waals surface area contributed by atoms with Crippen LogP contribution in [-0.2, 0) is 4.79 Å². The molecule has 146 valence electrons. The lowest BCUT2D eigenvalue weighted by Crippen LogP contribution is -2.44. The van der Waals surface area contributed by atoms with Crippen molar-refractivity contribution >= 4 is 39.2 Å². The molecule has 0 unspecified atom stereocenters. The lowest BCUT2D eigenvalue weighted by molar-refractivity contribution is -0.132. The standard InChI is InChI=1S/C21H23N3O2S2/c1-2-15-8-6-7-12-23(15)18(25)14-28-21-22-19-17(11-13-27-19)20(26)24(21)16-9-4-3-5-10-16/h3-5,9-11,13,15H,2,6-8,12,14H2,1H3/t15-/m0/s1. The highest BCUT2D eigenvalue weighted by atomic mass is 32.2. The molecule has 0 aliphatic carbocycles. The van der Waals surface area contributed by atoms with Crippen molar-refractivity contribution in [2.75, 3.05) is 12.3 Å². The molecule has 0 N–H and O–H groups in total. The van der Waals surface area contributed by atoms with Crippen LogP contribution in [-0.4, -0.2) is 38.7 Å². The highest BCUT2D eigenvalue weighted by molar-refractivity contribution is 7.99. The summed E-state index contributed by atoms with van der Waals surface area (Å²) < 4.78 is 1.63. The van der Waals surface area contributed by atoms with E-state index in [1.165, 1.54) is 29.5 Å². The van der Waals surface area contributed by atoms with Crippen molar-refractivity contribution < 1.29 is 4.79 Å². The third-order valence-corrected chi connectivity index (χ3v) is 6.95. The third-order valence-electron chi connectivity index (χ3n) is 5.22. The lowest BCUT2D eigenvalue weighted by Gasteiger charge is -2.35. The van der Waals surface area contributed by atoms with Gasteiger partial charge in [-0.3, -0.25) is 14.2 Å². The number of aromatic nitrogens is 2. The van der Waals surface area contributed by atoms with Gasteiger partial charge >= 0.3 is 0 Å². The van der Waals surface area contributed by atoms with Crippen molar-refractivity contribution in [3.63, 3.8) is 0 Å². The van der Waals surface area contributed by atoms with Gasteiger partial charge in [0.1, 0.15) is 4.83 Å². The summed E-state index contributed by atoms with van der Waals surface area (Å²) in [5.41, 5.74) is 0.685. The monoisotopic (exact) mass is 413 g/mol. The second kappa shape index (κ2) is 8.49. The van der Waals surface area contributed by atoms with Crippen LogP contribution < -0.4 is 5.56 Å². The zero-order valence-corrected chi connectivity index (χ0v) is 17.5. The molecule has 0 radical (unpaired) electrons. The minimum atomic E-state index is -0.0863. The van der Waals surface area contributed by atoms with E-state index in [-0.39, 0.29) is 11.5 Å². The zero-order valence-electron chi connectivity index (χ0n) is 15.8. The van der Waals surface area contributed by atoms with Crippen molar-refractivity contribution in [1.29, 1.82) is 0 Å². The average Bonchev–Trinajstić information content (AvgIpc) is 3.21. The highest BCUT2D eigenvalue weighted by Crippen LogP contribution is 2.26. The van der Waals surface area contributed by atoms with Crippen LogP contribution in [0.15, 0.2) is 51.7 Å². The molecule has 3 aromatic rings. The molecule has 1 aliphatic heterocycles. The summed E-state index contributed by atoms with van der Waals surface area (Å²) in [4.78, 5) is 33.4. The molecule has 7 heteroatoms. The maximum Gasteiger partial charge on any atom is 0.267 e. The van der Waals surface area contributed by atoms with Crippen molar-refractivity contribution in [2.24, 2.45) is 0 Å². The Morgan fingerprint density at radius 3 is 2.86 bits per heavy atom. The van der Waals surface area contributed by atoms with E-state index >= 15 is 0 Å². The molecule has 2 aromatic heterocycles. The number of fused-ring (bicyclic) bond motifs is 1. The van der Waals surface area contributed by atoms with E-state index in [9.17, 15) is 9.59 Å².